The summed E-state index contributed by atoms with van der Waals surface area (Å²) in [5, 5.41) is 7.04. The summed E-state index contributed by atoms with van der Waals surface area (Å²) in [4.78, 5) is 2.65. The lowest BCUT2D eigenvalue weighted by Crippen LogP contribution is -2.36. The molecule has 4 nitrogen and oxygen atoms in total. The Kier molecular flexibility index (Phi) is 16.2. The van der Waals surface area contributed by atoms with E-state index < -0.39 is 0 Å². The molecule has 0 aromatic heterocycles. The first kappa shape index (κ1) is 36.1. The second-order valence-electron chi connectivity index (χ2n) is 11.8. The summed E-state index contributed by atoms with van der Waals surface area (Å²) in [6, 6.07) is 14.5. The molecule has 1 atom stereocenters. The topological polar surface area (TPSA) is 53.3 Å². The molecule has 0 fully saturated rings. The number of nitrogens with two attached hydrogens (primary N) is 1. The zero-order chi connectivity index (χ0) is 31.8. The molecule has 236 valence electrons. The van der Waals surface area contributed by atoms with Crippen LogP contribution in [-0.4, -0.2) is 25.7 Å². The third kappa shape index (κ3) is 10.9. The molecule has 0 saturated carbocycles. The van der Waals surface area contributed by atoms with Gasteiger partial charge >= 0.3 is 0 Å². The van der Waals surface area contributed by atoms with Crippen molar-refractivity contribution in [3.05, 3.63) is 101 Å². The fraction of sp³-hybridized carbons (Fsp3) is 0.487. The van der Waals surface area contributed by atoms with Crippen molar-refractivity contribution < 1.29 is 0 Å². The van der Waals surface area contributed by atoms with Gasteiger partial charge in [0.1, 0.15) is 0 Å². The van der Waals surface area contributed by atoms with Crippen molar-refractivity contribution in [2.75, 3.05) is 24.5 Å². The van der Waals surface area contributed by atoms with Crippen LogP contribution in [-0.2, 0) is 13.0 Å². The van der Waals surface area contributed by atoms with E-state index in [0.29, 0.717) is 6.04 Å². The van der Waals surface area contributed by atoms with Gasteiger partial charge in [-0.05, 0) is 118 Å². The fourth-order valence-electron chi connectivity index (χ4n) is 5.92. The van der Waals surface area contributed by atoms with Gasteiger partial charge in [-0.25, -0.2) is 0 Å². The summed E-state index contributed by atoms with van der Waals surface area (Å²) in [6.45, 7) is 27.5. The smallest absolute Gasteiger partial charge is 0.0407 e. The summed E-state index contributed by atoms with van der Waals surface area (Å²) in [6.07, 6.45) is 12.2. The van der Waals surface area contributed by atoms with Crippen LogP contribution in [0.25, 0.3) is 11.1 Å². The molecule has 2 aromatic carbocycles. The van der Waals surface area contributed by atoms with E-state index in [9.17, 15) is 0 Å². The highest BCUT2D eigenvalue weighted by molar-refractivity contribution is 5.73. The molecule has 1 aliphatic heterocycles. The van der Waals surface area contributed by atoms with Gasteiger partial charge in [-0.3, -0.25) is 0 Å². The summed E-state index contributed by atoms with van der Waals surface area (Å²) in [5.74, 6) is 0. The molecule has 0 aliphatic carbocycles. The first-order valence-corrected chi connectivity index (χ1v) is 16.6. The Hall–Kier alpha value is -3.08. The van der Waals surface area contributed by atoms with Crippen molar-refractivity contribution in [3.63, 3.8) is 0 Å². The number of anilines is 1. The average Bonchev–Trinajstić information content (AvgIpc) is 2.98. The summed E-state index contributed by atoms with van der Waals surface area (Å²) in [5.41, 5.74) is 17.6. The van der Waals surface area contributed by atoms with Gasteiger partial charge in [-0.1, -0.05) is 76.6 Å². The van der Waals surface area contributed by atoms with Crippen molar-refractivity contribution >= 4 is 5.69 Å². The SMILES string of the molecule is C=CCCC(CCC)N(CC)c1cc(-c2ccc(CNCCCC)cc2)cc(CC2=C(C)C=C(C)NC2=C)c1C.CCN. The monoisotopic (exact) mass is 584 g/mol. The Labute approximate surface area is 264 Å². The zero-order valence-corrected chi connectivity index (χ0v) is 28.4. The maximum atomic E-state index is 4.85. The van der Waals surface area contributed by atoms with Crippen LogP contribution in [0.2, 0.25) is 0 Å². The van der Waals surface area contributed by atoms with Crippen LogP contribution in [0.1, 0.15) is 96.8 Å². The van der Waals surface area contributed by atoms with Crippen LogP contribution in [0.15, 0.2) is 84.2 Å². The molecule has 4 N–H and O–H groups in total. The second-order valence-corrected chi connectivity index (χ2v) is 11.8. The molecule has 4 heteroatoms. The Bertz CT molecular complexity index is 1220. The van der Waals surface area contributed by atoms with Crippen LogP contribution in [0.5, 0.6) is 0 Å². The molecule has 0 radical (unpaired) electrons. The van der Waals surface area contributed by atoms with E-state index in [2.05, 4.69) is 119 Å². The van der Waals surface area contributed by atoms with E-state index in [-0.39, 0.29) is 0 Å². The standard InChI is InChI=1S/C37H53N3.C2H7N/c1-9-13-16-35(15-11-3)40(12-4)37-25-34(32-19-17-31(18-20-32)26-38-21-14-10-2)23-33(29(37)7)24-36-27(5)22-28(6)39-30(36)8;1-2-3/h9,17-20,22-23,25,35,38-39H,1,8,10-16,21,24,26H2,2-7H3;2-3H2,1H3. The van der Waals surface area contributed by atoms with Gasteiger partial charge in [-0.2, -0.15) is 0 Å². The van der Waals surface area contributed by atoms with Crippen molar-refractivity contribution in [2.24, 2.45) is 5.73 Å². The predicted molar refractivity (Wildman–Crippen MR) is 192 cm³/mol. The number of dihydropyridines is 1. The minimum atomic E-state index is 0.504. The Morgan fingerprint density at radius 1 is 0.977 bits per heavy atom. The van der Waals surface area contributed by atoms with Gasteiger partial charge in [0.25, 0.3) is 0 Å². The third-order valence-electron chi connectivity index (χ3n) is 8.22. The van der Waals surface area contributed by atoms with E-state index in [1.54, 1.807) is 0 Å². The Morgan fingerprint density at radius 3 is 2.26 bits per heavy atom. The molecule has 0 saturated heterocycles. The number of benzene rings is 2. The van der Waals surface area contributed by atoms with Gasteiger partial charge in [0.15, 0.2) is 0 Å². The number of rotatable bonds is 16. The molecule has 2 aromatic rings. The lowest BCUT2D eigenvalue weighted by Gasteiger charge is -2.35. The number of nitrogens with zero attached hydrogens (tertiary/aromatic N) is 1. The number of hydrogen-bond acceptors (Lipinski definition) is 4. The number of nitrogens with one attached hydrogen (secondary N) is 2. The average molecular weight is 585 g/mol. The fourth-order valence-corrected chi connectivity index (χ4v) is 5.92. The number of allylic oxidation sites excluding steroid dienone is 5. The summed E-state index contributed by atoms with van der Waals surface area (Å²) in [7, 11) is 0. The van der Waals surface area contributed by atoms with Crippen molar-refractivity contribution in [1.29, 1.82) is 0 Å². The van der Waals surface area contributed by atoms with Gasteiger partial charge in [0, 0.05) is 42.6 Å². The van der Waals surface area contributed by atoms with Crippen molar-refractivity contribution in [1.82, 2.24) is 10.6 Å². The molecule has 43 heavy (non-hydrogen) atoms. The molecule has 0 amide bonds. The molecule has 1 unspecified atom stereocenters. The lowest BCUT2D eigenvalue weighted by molar-refractivity contribution is 0.519. The molecular weight excluding hydrogens is 524 g/mol. The molecule has 0 bridgehead atoms. The third-order valence-corrected chi connectivity index (χ3v) is 8.22. The molecule has 0 spiro atoms. The molecule has 3 rings (SSSR count). The van der Waals surface area contributed by atoms with E-state index in [0.717, 1.165) is 56.8 Å². The van der Waals surface area contributed by atoms with Crippen LogP contribution < -0.4 is 21.3 Å². The van der Waals surface area contributed by atoms with Crippen LogP contribution in [0, 0.1) is 6.92 Å². The van der Waals surface area contributed by atoms with Gasteiger partial charge in [0.05, 0.1) is 0 Å². The first-order valence-electron chi connectivity index (χ1n) is 16.6. The van der Waals surface area contributed by atoms with Crippen molar-refractivity contribution in [3.8, 4) is 11.1 Å². The van der Waals surface area contributed by atoms with Crippen molar-refractivity contribution in [2.45, 2.75) is 106 Å². The minimum absolute atomic E-state index is 0.504. The normalized spacial score (nSPS) is 13.6. The van der Waals surface area contributed by atoms with Crippen LogP contribution >= 0.6 is 0 Å². The van der Waals surface area contributed by atoms with E-state index in [1.165, 1.54) is 70.3 Å². The van der Waals surface area contributed by atoms with E-state index in [1.807, 2.05) is 6.92 Å². The maximum absolute atomic E-state index is 4.85. The summed E-state index contributed by atoms with van der Waals surface area (Å²) < 4.78 is 0. The van der Waals surface area contributed by atoms with E-state index >= 15 is 0 Å². The molecular formula is C39H60N4. The van der Waals surface area contributed by atoms with Crippen LogP contribution in [0.4, 0.5) is 5.69 Å². The minimum Gasteiger partial charge on any atom is -0.369 e. The number of unbranched alkanes of at least 4 members (excludes halogenated alkanes) is 1. The number of hydrogen-bond donors (Lipinski definition) is 3. The zero-order valence-electron chi connectivity index (χ0n) is 28.4. The molecule has 1 heterocycles. The Balaban J connectivity index is 0.00000206. The van der Waals surface area contributed by atoms with Gasteiger partial charge < -0.3 is 21.3 Å². The largest absolute Gasteiger partial charge is 0.369 e. The summed E-state index contributed by atoms with van der Waals surface area (Å²) >= 11 is 0. The first-order chi connectivity index (χ1) is 20.7. The Morgan fingerprint density at radius 2 is 1.67 bits per heavy atom. The second kappa shape index (κ2) is 19.2. The maximum Gasteiger partial charge on any atom is 0.0407 e. The van der Waals surface area contributed by atoms with Crippen LogP contribution in [0.3, 0.4) is 0 Å². The van der Waals surface area contributed by atoms with Gasteiger partial charge in [0.2, 0.25) is 0 Å². The highest BCUT2D eigenvalue weighted by Crippen LogP contribution is 2.36. The predicted octanol–water partition coefficient (Wildman–Crippen LogP) is 9.36. The highest BCUT2D eigenvalue weighted by Gasteiger charge is 2.22. The van der Waals surface area contributed by atoms with Gasteiger partial charge in [-0.15, -0.1) is 6.58 Å². The quantitative estimate of drug-likeness (QED) is 0.136. The van der Waals surface area contributed by atoms with E-state index in [4.69, 9.17) is 5.73 Å². The highest BCUT2D eigenvalue weighted by atomic mass is 15.2. The lowest BCUT2D eigenvalue weighted by atomic mass is 9.89. The molecule has 1 aliphatic rings.